The zero-order valence-electron chi connectivity index (χ0n) is 26.7. The maximum Gasteiger partial charge on any atom is 0.246 e. The maximum absolute atomic E-state index is 13.9. The summed E-state index contributed by atoms with van der Waals surface area (Å²) in [6.07, 6.45) is 0.802. The van der Waals surface area contributed by atoms with Crippen LogP contribution >= 0.6 is 0 Å². The number of aliphatic hydroxyl groups excluding tert-OH is 1. The molecule has 0 bridgehead atoms. The van der Waals surface area contributed by atoms with Crippen molar-refractivity contribution in [1.29, 1.82) is 0 Å². The third-order valence-electron chi connectivity index (χ3n) is 8.73. The molecule has 5 rings (SSSR count). The van der Waals surface area contributed by atoms with Crippen LogP contribution in [0.4, 0.5) is 0 Å². The van der Waals surface area contributed by atoms with Gasteiger partial charge in [0.05, 0.1) is 24.2 Å². The predicted octanol–water partition coefficient (Wildman–Crippen LogP) is 1.42. The van der Waals surface area contributed by atoms with Gasteiger partial charge < -0.3 is 36.1 Å². The Kier molecular flexibility index (Phi) is 11.1. The van der Waals surface area contributed by atoms with E-state index in [0.29, 0.717) is 56.8 Å². The van der Waals surface area contributed by atoms with Gasteiger partial charge in [0, 0.05) is 37.8 Å². The van der Waals surface area contributed by atoms with Gasteiger partial charge in [-0.05, 0) is 54.7 Å². The molecule has 2 aliphatic rings. The lowest BCUT2D eigenvalue weighted by Crippen LogP contribution is -2.47. The average Bonchev–Trinajstić information content (AvgIpc) is 3.47. The second kappa shape index (κ2) is 14.9. The molecule has 0 saturated carbocycles. The molecule has 3 aromatic carbocycles. The van der Waals surface area contributed by atoms with Crippen LogP contribution in [0, 0.1) is 0 Å². The number of carbonyl (C=O) groups is 1. The zero-order chi connectivity index (χ0) is 34.5. The highest BCUT2D eigenvalue weighted by molar-refractivity contribution is 7.92. The number of hydrogen-bond donors (Lipinski definition) is 4. The maximum atomic E-state index is 13.9. The van der Waals surface area contributed by atoms with Gasteiger partial charge >= 0.3 is 0 Å². The third-order valence-corrected chi connectivity index (χ3v) is 12.3. The number of methoxy groups -OCH3 is 1. The highest BCUT2D eigenvalue weighted by Gasteiger charge is 2.45. The fourth-order valence-corrected chi connectivity index (χ4v) is 8.90. The van der Waals surface area contributed by atoms with Crippen molar-refractivity contribution in [3.8, 4) is 22.6 Å². The number of piperidine rings is 1. The van der Waals surface area contributed by atoms with Gasteiger partial charge in [0.25, 0.3) is 0 Å². The molecule has 1 spiro atoms. The minimum Gasteiger partial charge on any atom is -0.495 e. The Labute approximate surface area is 281 Å². The normalized spacial score (nSPS) is 18.9. The number of nitrogens with zero attached hydrogens (tertiary/aromatic N) is 1. The predicted molar refractivity (Wildman–Crippen MR) is 179 cm³/mol. The molecule has 1 unspecified atom stereocenters. The number of primary amides is 1. The molecule has 2 fully saturated rings. The largest absolute Gasteiger partial charge is 0.495 e. The Morgan fingerprint density at radius 1 is 1.08 bits per heavy atom. The van der Waals surface area contributed by atoms with Crippen LogP contribution in [0.25, 0.3) is 11.1 Å². The van der Waals surface area contributed by atoms with Crippen molar-refractivity contribution in [2.45, 2.75) is 53.3 Å². The highest BCUT2D eigenvalue weighted by Crippen LogP contribution is 2.41. The highest BCUT2D eigenvalue weighted by atomic mass is 32.2. The second-order valence-electron chi connectivity index (χ2n) is 12.1. The van der Waals surface area contributed by atoms with Gasteiger partial charge in [0.1, 0.15) is 34.9 Å². The van der Waals surface area contributed by atoms with Gasteiger partial charge in [-0.3, -0.25) is 4.79 Å². The molecule has 0 aliphatic carbocycles. The van der Waals surface area contributed by atoms with Crippen LogP contribution in [0.15, 0.2) is 76.5 Å². The molecule has 2 atom stereocenters. The quantitative estimate of drug-likeness (QED) is 0.189. The number of nitrogens with two attached hydrogens (primary N) is 2. The third kappa shape index (κ3) is 8.17. The fourth-order valence-electron chi connectivity index (χ4n) is 6.16. The summed E-state index contributed by atoms with van der Waals surface area (Å²) in [5, 5.41) is 13.8. The molecule has 0 aromatic heterocycles. The molecule has 1 amide bonds. The van der Waals surface area contributed by atoms with Gasteiger partial charge in [0.2, 0.25) is 15.9 Å². The Morgan fingerprint density at radius 2 is 1.79 bits per heavy atom. The lowest BCUT2D eigenvalue weighted by atomic mass is 9.88. The van der Waals surface area contributed by atoms with E-state index in [0.717, 1.165) is 11.1 Å². The molecule has 13 nitrogen and oxygen atoms in total. The molecular weight excluding hydrogens is 661 g/mol. The SMILES string of the molecule is COc1c(-c2ccc(CN)cc2)cccc1S(=O)(=O)N1CCC2(CC1)C[C@H](NCC(O)COc1cccc(S(=O)(=O)CC(N)=O)c1)CO2. The number of ether oxygens (including phenoxy) is 3. The Bertz CT molecular complexity index is 1810. The molecule has 2 aliphatic heterocycles. The molecule has 6 N–H and O–H groups in total. The first-order chi connectivity index (χ1) is 22.9. The fraction of sp³-hybridized carbons (Fsp3) is 0.424. The van der Waals surface area contributed by atoms with E-state index in [1.807, 2.05) is 30.3 Å². The molecule has 260 valence electrons. The summed E-state index contributed by atoms with van der Waals surface area (Å²) in [5.74, 6) is -1.24. The topological polar surface area (TPSA) is 201 Å². The van der Waals surface area contributed by atoms with Crippen LogP contribution in [-0.4, -0.2) is 95.6 Å². The van der Waals surface area contributed by atoms with E-state index in [1.165, 1.54) is 29.6 Å². The molecular formula is C33H42N4O9S2. The summed E-state index contributed by atoms with van der Waals surface area (Å²) in [5.41, 5.74) is 12.8. The van der Waals surface area contributed by atoms with Gasteiger partial charge in [0.15, 0.2) is 9.84 Å². The van der Waals surface area contributed by atoms with Crippen LogP contribution in [-0.2, 0) is 35.9 Å². The first kappa shape index (κ1) is 35.7. The molecule has 3 aromatic rings. The lowest BCUT2D eigenvalue weighted by Gasteiger charge is -2.38. The number of benzene rings is 3. The number of sulfonamides is 1. The van der Waals surface area contributed by atoms with Gasteiger partial charge in [-0.15, -0.1) is 0 Å². The Balaban J connectivity index is 1.13. The van der Waals surface area contributed by atoms with E-state index >= 15 is 0 Å². The zero-order valence-corrected chi connectivity index (χ0v) is 28.3. The smallest absolute Gasteiger partial charge is 0.246 e. The van der Waals surface area contributed by atoms with Crippen molar-refractivity contribution < 1.29 is 40.9 Å². The second-order valence-corrected chi connectivity index (χ2v) is 16.0. The van der Waals surface area contributed by atoms with Crippen LogP contribution in [0.5, 0.6) is 11.5 Å². The summed E-state index contributed by atoms with van der Waals surface area (Å²) < 4.78 is 71.2. The van der Waals surface area contributed by atoms with Gasteiger partial charge in [-0.1, -0.05) is 42.5 Å². The summed E-state index contributed by atoms with van der Waals surface area (Å²) in [6, 6.07) is 18.4. The molecule has 2 saturated heterocycles. The van der Waals surface area contributed by atoms with E-state index < -0.39 is 43.2 Å². The van der Waals surface area contributed by atoms with Crippen molar-refractivity contribution in [2.75, 3.05) is 45.7 Å². The van der Waals surface area contributed by atoms with Gasteiger partial charge in [-0.25, -0.2) is 16.8 Å². The summed E-state index contributed by atoms with van der Waals surface area (Å²) in [6.45, 7) is 1.52. The summed E-state index contributed by atoms with van der Waals surface area (Å²) in [4.78, 5) is 11.1. The number of sulfone groups is 1. The van der Waals surface area contributed by atoms with Crippen molar-refractivity contribution in [1.82, 2.24) is 9.62 Å². The van der Waals surface area contributed by atoms with Crippen molar-refractivity contribution >= 4 is 25.8 Å². The molecule has 15 heteroatoms. The van der Waals surface area contributed by atoms with Crippen LogP contribution < -0.4 is 26.3 Å². The Morgan fingerprint density at radius 3 is 2.46 bits per heavy atom. The number of rotatable bonds is 14. The monoisotopic (exact) mass is 702 g/mol. The first-order valence-corrected chi connectivity index (χ1v) is 18.7. The summed E-state index contributed by atoms with van der Waals surface area (Å²) in [7, 11) is -6.28. The molecule has 2 heterocycles. The first-order valence-electron chi connectivity index (χ1n) is 15.6. The number of carbonyl (C=O) groups excluding carboxylic acids is 1. The van der Waals surface area contributed by atoms with Crippen LogP contribution in [0.1, 0.15) is 24.8 Å². The molecule has 48 heavy (non-hydrogen) atoms. The minimum atomic E-state index is -3.89. The van der Waals surface area contributed by atoms with Crippen molar-refractivity contribution in [2.24, 2.45) is 11.5 Å². The number of amides is 1. The Hall–Kier alpha value is -3.57. The van der Waals surface area contributed by atoms with E-state index in [4.69, 9.17) is 25.7 Å². The van der Waals surface area contributed by atoms with E-state index in [9.17, 15) is 26.7 Å². The van der Waals surface area contributed by atoms with E-state index in [-0.39, 0.29) is 34.7 Å². The van der Waals surface area contributed by atoms with Crippen molar-refractivity contribution in [3.63, 3.8) is 0 Å². The van der Waals surface area contributed by atoms with Crippen LogP contribution in [0.2, 0.25) is 0 Å². The van der Waals surface area contributed by atoms with E-state index in [2.05, 4.69) is 5.32 Å². The lowest BCUT2D eigenvalue weighted by molar-refractivity contribution is -0.115. The minimum absolute atomic E-state index is 0.0486. The standard InChI is InChI=1S/C33H42N4O9S2/c1-44-32-29(24-10-8-23(18-34)9-11-24)6-3-7-30(32)48(42,43)37-14-12-33(13-15-37)17-25(20-46-33)36-19-26(38)21-45-27-4-2-5-28(16-27)47(40,41)22-31(35)39/h2-11,16,25-26,36,38H,12-15,17-22,34H2,1H3,(H2,35,39)/t25-,26?/m0/s1. The number of nitrogens with one attached hydrogen (secondary N) is 1. The van der Waals surface area contributed by atoms with Crippen molar-refractivity contribution in [3.05, 3.63) is 72.3 Å². The number of aliphatic hydroxyl groups is 1. The summed E-state index contributed by atoms with van der Waals surface area (Å²) >= 11 is 0. The average molecular weight is 703 g/mol. The molecule has 0 radical (unpaired) electrons. The number of hydrogen-bond acceptors (Lipinski definition) is 11. The van der Waals surface area contributed by atoms with Crippen LogP contribution in [0.3, 0.4) is 0 Å². The number of para-hydroxylation sites is 1. The van der Waals surface area contributed by atoms with E-state index in [1.54, 1.807) is 18.2 Å². The van der Waals surface area contributed by atoms with Gasteiger partial charge in [-0.2, -0.15) is 4.31 Å².